The predicted molar refractivity (Wildman–Crippen MR) is 136 cm³/mol. The average molecular weight is 476 g/mol. The van der Waals surface area contributed by atoms with Gasteiger partial charge in [-0.1, -0.05) is 61.7 Å². The van der Waals surface area contributed by atoms with Gasteiger partial charge in [0.05, 0.1) is 0 Å². The summed E-state index contributed by atoms with van der Waals surface area (Å²) in [6, 6.07) is 20.7. The molecule has 0 aliphatic heterocycles. The Labute approximate surface area is 200 Å². The van der Waals surface area contributed by atoms with Crippen LogP contribution in [0.15, 0.2) is 72.9 Å². The van der Waals surface area contributed by atoms with Gasteiger partial charge in [-0.3, -0.25) is 4.40 Å². The highest BCUT2D eigenvalue weighted by Crippen LogP contribution is 2.33. The Morgan fingerprint density at radius 1 is 1.00 bits per heavy atom. The van der Waals surface area contributed by atoms with Crippen molar-refractivity contribution >= 4 is 21.6 Å². The number of rotatable bonds is 7. The summed E-state index contributed by atoms with van der Waals surface area (Å²) in [5.74, 6) is 1.04. The third kappa shape index (κ3) is 5.09. The molecule has 6 nitrogen and oxygen atoms in total. The summed E-state index contributed by atoms with van der Waals surface area (Å²) in [4.78, 5) is 4.91. The molecular weight excluding hydrogens is 446 g/mol. The molecule has 4 aromatic rings. The number of nitrogens with one attached hydrogen (secondary N) is 1. The van der Waals surface area contributed by atoms with E-state index >= 15 is 0 Å². The fourth-order valence-electron chi connectivity index (χ4n) is 4.58. The van der Waals surface area contributed by atoms with Gasteiger partial charge in [0.2, 0.25) is 0 Å². The van der Waals surface area contributed by atoms with Crippen LogP contribution in [0.2, 0.25) is 0 Å². The number of aromatic nitrogens is 2. The van der Waals surface area contributed by atoms with Gasteiger partial charge in [0, 0.05) is 17.8 Å². The van der Waals surface area contributed by atoms with Crippen molar-refractivity contribution < 1.29 is 12.6 Å². The number of fused-ring (bicyclic) bond motifs is 1. The van der Waals surface area contributed by atoms with Gasteiger partial charge in [0.1, 0.15) is 28.7 Å². The van der Waals surface area contributed by atoms with Crippen molar-refractivity contribution in [1.29, 1.82) is 0 Å². The fourth-order valence-corrected chi connectivity index (χ4v) is 5.63. The van der Waals surface area contributed by atoms with Crippen molar-refractivity contribution in [3.8, 4) is 17.0 Å². The van der Waals surface area contributed by atoms with Gasteiger partial charge in [-0.25, -0.2) is 4.98 Å². The van der Waals surface area contributed by atoms with Crippen molar-refractivity contribution in [2.45, 2.75) is 50.8 Å². The Morgan fingerprint density at radius 2 is 1.79 bits per heavy atom. The van der Waals surface area contributed by atoms with Crippen LogP contribution in [0.25, 0.3) is 16.9 Å². The highest BCUT2D eigenvalue weighted by Gasteiger charge is 2.21. The SMILES string of the molecule is Cc1ccn2c(NC3CCCCC3)c(-c3cccc(OS(=O)(=O)Cc4ccccc4)c3)nc2c1. The van der Waals surface area contributed by atoms with E-state index in [-0.39, 0.29) is 11.5 Å². The van der Waals surface area contributed by atoms with Crippen LogP contribution in [-0.2, 0) is 15.9 Å². The lowest BCUT2D eigenvalue weighted by Gasteiger charge is -2.24. The molecule has 0 amide bonds. The van der Waals surface area contributed by atoms with Crippen LogP contribution < -0.4 is 9.50 Å². The number of anilines is 1. The molecule has 2 heterocycles. The van der Waals surface area contributed by atoms with Gasteiger partial charge in [-0.15, -0.1) is 0 Å². The molecule has 0 bridgehead atoms. The number of benzene rings is 2. The molecule has 7 heteroatoms. The van der Waals surface area contributed by atoms with E-state index in [9.17, 15) is 8.42 Å². The van der Waals surface area contributed by atoms with Crippen molar-refractivity contribution in [3.05, 3.63) is 84.1 Å². The molecule has 1 aliphatic carbocycles. The Balaban J connectivity index is 1.47. The van der Waals surface area contributed by atoms with E-state index in [2.05, 4.69) is 28.8 Å². The summed E-state index contributed by atoms with van der Waals surface area (Å²) < 4.78 is 32.9. The summed E-state index contributed by atoms with van der Waals surface area (Å²) in [6.45, 7) is 2.05. The zero-order valence-electron chi connectivity index (χ0n) is 19.3. The number of pyridine rings is 1. The van der Waals surface area contributed by atoms with E-state index in [4.69, 9.17) is 9.17 Å². The van der Waals surface area contributed by atoms with Crippen LogP contribution in [0.1, 0.15) is 43.2 Å². The minimum atomic E-state index is -3.79. The standard InChI is InChI=1S/C27H29N3O3S/c1-20-15-16-30-25(17-20)29-26(27(30)28-23-12-6-3-7-13-23)22-11-8-14-24(18-22)33-34(31,32)19-21-9-4-2-5-10-21/h2,4-5,8-11,14-18,23,28H,3,6-7,12-13,19H2,1H3. The van der Waals surface area contributed by atoms with Gasteiger partial charge in [0.15, 0.2) is 0 Å². The van der Waals surface area contributed by atoms with Gasteiger partial charge in [0.25, 0.3) is 0 Å². The average Bonchev–Trinajstić information content (AvgIpc) is 3.17. The smallest absolute Gasteiger partial charge is 0.313 e. The quantitative estimate of drug-likeness (QED) is 0.334. The maximum atomic E-state index is 12.7. The Hall–Kier alpha value is -3.32. The number of nitrogens with zero attached hydrogens (tertiary/aromatic N) is 2. The van der Waals surface area contributed by atoms with E-state index in [1.807, 2.05) is 36.5 Å². The lowest BCUT2D eigenvalue weighted by molar-refractivity contribution is 0.462. The predicted octanol–water partition coefficient (Wildman–Crippen LogP) is 5.96. The third-order valence-electron chi connectivity index (χ3n) is 6.24. The van der Waals surface area contributed by atoms with Gasteiger partial charge >= 0.3 is 10.1 Å². The molecule has 0 saturated heterocycles. The Bertz CT molecular complexity index is 1390. The first-order chi connectivity index (χ1) is 16.5. The summed E-state index contributed by atoms with van der Waals surface area (Å²) in [5, 5.41) is 3.73. The minimum Gasteiger partial charge on any atom is -0.382 e. The van der Waals surface area contributed by atoms with Gasteiger partial charge in [-0.2, -0.15) is 8.42 Å². The molecule has 0 spiro atoms. The molecule has 1 fully saturated rings. The maximum absolute atomic E-state index is 12.7. The van der Waals surface area contributed by atoms with E-state index in [0.717, 1.165) is 41.1 Å². The maximum Gasteiger partial charge on any atom is 0.313 e. The highest BCUT2D eigenvalue weighted by molar-refractivity contribution is 7.86. The largest absolute Gasteiger partial charge is 0.382 e. The monoisotopic (exact) mass is 475 g/mol. The Kier molecular flexibility index (Phi) is 6.28. The number of imidazole rings is 1. The second kappa shape index (κ2) is 9.50. The third-order valence-corrected chi connectivity index (χ3v) is 7.38. The zero-order valence-corrected chi connectivity index (χ0v) is 20.1. The van der Waals surface area contributed by atoms with E-state index in [0.29, 0.717) is 11.6 Å². The van der Waals surface area contributed by atoms with Crippen molar-refractivity contribution in [3.63, 3.8) is 0 Å². The molecule has 176 valence electrons. The molecule has 0 radical (unpaired) electrons. The highest BCUT2D eigenvalue weighted by atomic mass is 32.2. The Morgan fingerprint density at radius 3 is 2.59 bits per heavy atom. The molecule has 2 aromatic carbocycles. The molecule has 2 aromatic heterocycles. The van der Waals surface area contributed by atoms with Crippen LogP contribution in [-0.4, -0.2) is 23.8 Å². The van der Waals surface area contributed by atoms with E-state index < -0.39 is 10.1 Å². The lowest BCUT2D eigenvalue weighted by Crippen LogP contribution is -2.23. The summed E-state index contributed by atoms with van der Waals surface area (Å²) in [6.07, 6.45) is 8.06. The van der Waals surface area contributed by atoms with Crippen LogP contribution >= 0.6 is 0 Å². The first kappa shape index (κ1) is 22.5. The summed E-state index contributed by atoms with van der Waals surface area (Å²) >= 11 is 0. The number of hydrogen-bond acceptors (Lipinski definition) is 5. The first-order valence-corrected chi connectivity index (χ1v) is 13.4. The summed E-state index contributed by atoms with van der Waals surface area (Å²) in [7, 11) is -3.79. The lowest BCUT2D eigenvalue weighted by atomic mass is 9.95. The molecule has 5 rings (SSSR count). The van der Waals surface area contributed by atoms with Crippen LogP contribution in [0, 0.1) is 6.92 Å². The van der Waals surface area contributed by atoms with Crippen molar-refractivity contribution in [2.24, 2.45) is 0 Å². The van der Waals surface area contributed by atoms with Crippen LogP contribution in [0.3, 0.4) is 0 Å². The molecule has 1 saturated carbocycles. The zero-order chi connectivity index (χ0) is 23.5. The van der Waals surface area contributed by atoms with Gasteiger partial charge in [-0.05, 0) is 55.2 Å². The van der Waals surface area contributed by atoms with Crippen molar-refractivity contribution in [2.75, 3.05) is 5.32 Å². The van der Waals surface area contributed by atoms with Crippen LogP contribution in [0.4, 0.5) is 5.82 Å². The van der Waals surface area contributed by atoms with Crippen molar-refractivity contribution in [1.82, 2.24) is 9.38 Å². The molecular formula is C27H29N3O3S. The topological polar surface area (TPSA) is 72.7 Å². The number of hydrogen-bond donors (Lipinski definition) is 1. The fraction of sp³-hybridized carbons (Fsp3) is 0.296. The molecule has 0 unspecified atom stereocenters. The van der Waals surface area contributed by atoms with E-state index in [1.54, 1.807) is 24.3 Å². The van der Waals surface area contributed by atoms with E-state index in [1.165, 1.54) is 19.3 Å². The second-order valence-corrected chi connectivity index (χ2v) is 10.6. The second-order valence-electron chi connectivity index (χ2n) is 9.02. The normalized spacial score (nSPS) is 14.9. The summed E-state index contributed by atoms with van der Waals surface area (Å²) in [5.41, 5.74) is 4.29. The molecule has 0 atom stereocenters. The first-order valence-electron chi connectivity index (χ1n) is 11.8. The van der Waals surface area contributed by atoms with Crippen LogP contribution in [0.5, 0.6) is 5.75 Å². The number of aryl methyl sites for hydroxylation is 1. The van der Waals surface area contributed by atoms with Gasteiger partial charge < -0.3 is 9.50 Å². The molecule has 1 N–H and O–H groups in total. The minimum absolute atomic E-state index is 0.180. The molecule has 1 aliphatic rings. The molecule has 34 heavy (non-hydrogen) atoms.